The number of ether oxygens (including phenoxy) is 1. The molecule has 0 atom stereocenters. The van der Waals surface area contributed by atoms with Crippen molar-refractivity contribution in [1.82, 2.24) is 35.0 Å². The smallest absolute Gasteiger partial charge is 0.433 e. The molecule has 1 aliphatic carbocycles. The second-order valence-corrected chi connectivity index (χ2v) is 14.5. The fraction of sp³-hybridized carbons (Fsp3) is 0.395. The number of halogens is 4. The largest absolute Gasteiger partial charge is 0.494 e. The summed E-state index contributed by atoms with van der Waals surface area (Å²) in [6.07, 6.45) is 0.851. The van der Waals surface area contributed by atoms with Gasteiger partial charge in [0, 0.05) is 62.5 Å². The molecule has 298 valence electrons. The fourth-order valence-electron chi connectivity index (χ4n) is 8.01. The molecule has 0 bridgehead atoms. The van der Waals surface area contributed by atoms with Crippen molar-refractivity contribution in [2.45, 2.75) is 44.3 Å². The van der Waals surface area contributed by atoms with Gasteiger partial charge in [-0.05, 0) is 61.9 Å². The van der Waals surface area contributed by atoms with Crippen LogP contribution in [0.5, 0.6) is 5.75 Å². The Hall–Kier alpha value is -6.11. The summed E-state index contributed by atoms with van der Waals surface area (Å²) < 4.78 is 62.2. The molecule has 2 N–H and O–H groups in total. The van der Waals surface area contributed by atoms with E-state index in [4.69, 9.17) is 9.84 Å². The highest BCUT2D eigenvalue weighted by Gasteiger charge is 2.45. The van der Waals surface area contributed by atoms with Crippen LogP contribution in [-0.2, 0) is 11.0 Å². The molecule has 3 aliphatic heterocycles. The van der Waals surface area contributed by atoms with Crippen molar-refractivity contribution >= 4 is 51.9 Å². The number of urea groups is 1. The highest BCUT2D eigenvalue weighted by Crippen LogP contribution is 2.37. The van der Waals surface area contributed by atoms with Crippen LogP contribution < -0.4 is 20.3 Å². The molecule has 15 nitrogen and oxygen atoms in total. The first-order chi connectivity index (χ1) is 27.3. The zero-order chi connectivity index (χ0) is 40.2. The van der Waals surface area contributed by atoms with Crippen molar-refractivity contribution in [1.29, 1.82) is 0 Å². The van der Waals surface area contributed by atoms with Crippen molar-refractivity contribution in [2.24, 2.45) is 5.92 Å². The maximum Gasteiger partial charge on any atom is 0.433 e. The van der Waals surface area contributed by atoms with E-state index in [1.807, 2.05) is 15.8 Å². The fourth-order valence-corrected chi connectivity index (χ4v) is 8.01. The minimum atomic E-state index is -4.69. The number of carbonyl (C=O) groups is 5. The molecule has 3 fully saturated rings. The summed E-state index contributed by atoms with van der Waals surface area (Å²) >= 11 is 0. The summed E-state index contributed by atoms with van der Waals surface area (Å²) in [5, 5.41) is 11.6. The van der Waals surface area contributed by atoms with E-state index < -0.39 is 52.9 Å². The number of hydrazine groups is 1. The number of carbonyl (C=O) groups excluding carboxylic acids is 5. The van der Waals surface area contributed by atoms with E-state index in [1.165, 1.54) is 25.3 Å². The van der Waals surface area contributed by atoms with Crippen molar-refractivity contribution in [2.75, 3.05) is 56.6 Å². The average Bonchev–Trinajstić information content (AvgIpc) is 3.72. The van der Waals surface area contributed by atoms with Crippen LogP contribution in [0.3, 0.4) is 0 Å². The number of benzene rings is 2. The number of hydrogen-bond acceptors (Lipinski definition) is 10. The Morgan fingerprint density at radius 1 is 0.965 bits per heavy atom. The van der Waals surface area contributed by atoms with Crippen LogP contribution in [0, 0.1) is 11.7 Å². The number of aromatic nitrogens is 3. The van der Waals surface area contributed by atoms with Gasteiger partial charge in [-0.15, -0.1) is 0 Å². The van der Waals surface area contributed by atoms with Gasteiger partial charge in [0.05, 0.1) is 42.0 Å². The molecule has 4 aliphatic rings. The second kappa shape index (κ2) is 14.8. The molecule has 0 spiro atoms. The van der Waals surface area contributed by atoms with Crippen molar-refractivity contribution in [3.05, 3.63) is 77.0 Å². The Labute approximate surface area is 322 Å². The summed E-state index contributed by atoms with van der Waals surface area (Å²) in [7, 11) is 1.43. The normalized spacial score (nSPS) is 20.6. The Balaban J connectivity index is 0.853. The standard InChI is InChI=1S/C38H37F4N9O6/c1-57-30-18-28-22(15-29(30)44-34(53)27-3-2-4-31(43-27)38(40,41)42)20-49(46-28)23-7-5-21(6-8-23)19-47-11-13-48(14-12-47)24-16-25-33(26(39)17-24)36(55)51(35(25)54)50-10-9-32(52)45-37(50)56/h2-4,15-18,20-21,23H,5-14,19H2,1H3,(H,44,53)(H,45,52,56). The molecule has 19 heteroatoms. The number of nitrogens with zero attached hydrogens (tertiary/aromatic N) is 7. The summed E-state index contributed by atoms with van der Waals surface area (Å²) in [5.41, 5.74) is -0.673. The number of amides is 6. The maximum atomic E-state index is 15.4. The molecule has 2 aromatic carbocycles. The summed E-state index contributed by atoms with van der Waals surface area (Å²) in [6, 6.07) is 8.45. The van der Waals surface area contributed by atoms with Crippen LogP contribution in [-0.4, -0.2) is 106 Å². The summed E-state index contributed by atoms with van der Waals surface area (Å²) in [5.74, 6) is -3.19. The Morgan fingerprint density at radius 3 is 2.42 bits per heavy atom. The number of piperazine rings is 1. The molecule has 0 unspecified atom stereocenters. The quantitative estimate of drug-likeness (QED) is 0.186. The molecule has 4 aromatic rings. The molecule has 0 radical (unpaired) electrons. The Bertz CT molecular complexity index is 2300. The lowest BCUT2D eigenvalue weighted by Gasteiger charge is -2.39. The number of rotatable bonds is 8. The van der Waals surface area contributed by atoms with Crippen LogP contribution in [0.25, 0.3) is 10.9 Å². The van der Waals surface area contributed by atoms with Crippen LogP contribution in [0.4, 0.5) is 33.7 Å². The van der Waals surface area contributed by atoms with E-state index in [1.54, 1.807) is 12.1 Å². The highest BCUT2D eigenvalue weighted by molar-refractivity contribution is 6.22. The molecular formula is C38H37F4N9O6. The van der Waals surface area contributed by atoms with E-state index >= 15 is 4.39 Å². The monoisotopic (exact) mass is 791 g/mol. The summed E-state index contributed by atoms with van der Waals surface area (Å²) in [4.78, 5) is 70.9. The van der Waals surface area contributed by atoms with Crippen LogP contribution >= 0.6 is 0 Å². The van der Waals surface area contributed by atoms with E-state index in [-0.39, 0.29) is 36.0 Å². The molecule has 6 amide bonds. The number of alkyl halides is 3. The zero-order valence-electron chi connectivity index (χ0n) is 30.6. The van der Waals surface area contributed by atoms with Crippen molar-refractivity contribution < 1.29 is 46.3 Å². The Morgan fingerprint density at radius 2 is 1.72 bits per heavy atom. The van der Waals surface area contributed by atoms with Crippen LogP contribution in [0.2, 0.25) is 0 Å². The molecule has 5 heterocycles. The van der Waals surface area contributed by atoms with Gasteiger partial charge in [0.25, 0.3) is 17.7 Å². The van der Waals surface area contributed by atoms with Gasteiger partial charge in [-0.25, -0.2) is 19.2 Å². The first kappa shape index (κ1) is 37.8. The van der Waals surface area contributed by atoms with E-state index in [2.05, 4.69) is 20.5 Å². The van der Waals surface area contributed by atoms with E-state index in [9.17, 15) is 37.1 Å². The zero-order valence-corrected chi connectivity index (χ0v) is 30.6. The maximum absolute atomic E-state index is 15.4. The number of fused-ring (bicyclic) bond motifs is 2. The Kier molecular flexibility index (Phi) is 9.79. The first-order valence-corrected chi connectivity index (χ1v) is 18.5. The highest BCUT2D eigenvalue weighted by atomic mass is 19.4. The third-order valence-corrected chi connectivity index (χ3v) is 11.0. The average molecular weight is 792 g/mol. The van der Waals surface area contributed by atoms with Crippen molar-refractivity contribution in [3.8, 4) is 5.75 Å². The molecule has 8 rings (SSSR count). The van der Waals surface area contributed by atoms with E-state index in [0.29, 0.717) is 54.1 Å². The SMILES string of the molecule is COc1cc2nn(C3CCC(CN4CCN(c5cc(F)c6c(c5)C(=O)N(N5CCC(=O)NC5=O)C6=O)CC4)CC3)cc2cc1NC(=O)c1cccc(C(F)(F)F)n1. The van der Waals surface area contributed by atoms with Gasteiger partial charge >= 0.3 is 12.2 Å². The predicted octanol–water partition coefficient (Wildman–Crippen LogP) is 4.86. The number of pyridine rings is 1. The lowest BCUT2D eigenvalue weighted by atomic mass is 9.85. The van der Waals surface area contributed by atoms with E-state index in [0.717, 1.165) is 54.8 Å². The van der Waals surface area contributed by atoms with Gasteiger partial charge in [0.1, 0.15) is 23.0 Å². The molecule has 2 saturated heterocycles. The number of nitrogens with one attached hydrogen (secondary N) is 2. The molecule has 2 aromatic heterocycles. The van der Waals surface area contributed by atoms with Gasteiger partial charge in [-0.1, -0.05) is 6.07 Å². The van der Waals surface area contributed by atoms with Gasteiger partial charge in [-0.2, -0.15) is 23.3 Å². The number of methoxy groups -OCH3 is 1. The molecule has 1 saturated carbocycles. The van der Waals surface area contributed by atoms with Gasteiger partial charge in [-0.3, -0.25) is 34.1 Å². The minimum Gasteiger partial charge on any atom is -0.494 e. The lowest BCUT2D eigenvalue weighted by molar-refractivity contribution is -0.141. The minimum absolute atomic E-state index is 0.0972. The number of imide groups is 2. The predicted molar refractivity (Wildman–Crippen MR) is 195 cm³/mol. The third-order valence-electron chi connectivity index (χ3n) is 11.0. The van der Waals surface area contributed by atoms with Gasteiger partial charge in [0.15, 0.2) is 0 Å². The molecular weight excluding hydrogens is 754 g/mol. The van der Waals surface area contributed by atoms with Crippen LogP contribution in [0.1, 0.15) is 75.0 Å². The van der Waals surface area contributed by atoms with Gasteiger partial charge < -0.3 is 15.0 Å². The number of hydrogen-bond donors (Lipinski definition) is 2. The van der Waals surface area contributed by atoms with Gasteiger partial charge in [0.2, 0.25) is 5.91 Å². The summed E-state index contributed by atoms with van der Waals surface area (Å²) in [6.45, 7) is 3.31. The van der Waals surface area contributed by atoms with Crippen LogP contribution in [0.15, 0.2) is 48.7 Å². The lowest BCUT2D eigenvalue weighted by Crippen LogP contribution is -2.58. The molecule has 57 heavy (non-hydrogen) atoms. The first-order valence-electron chi connectivity index (χ1n) is 18.5. The second-order valence-electron chi connectivity index (χ2n) is 14.5. The third kappa shape index (κ3) is 7.34. The topological polar surface area (TPSA) is 162 Å². The van der Waals surface area contributed by atoms with Crippen molar-refractivity contribution in [3.63, 3.8) is 0 Å². The number of anilines is 2.